The molecule has 0 atom stereocenters. The Hall–Kier alpha value is -3.10. The molecular formula is C21H26N6O2. The number of hydrogen-bond acceptors (Lipinski definition) is 6. The van der Waals surface area contributed by atoms with Gasteiger partial charge in [-0.3, -0.25) is 10.00 Å². The van der Waals surface area contributed by atoms with Crippen LogP contribution >= 0.6 is 0 Å². The fourth-order valence-corrected chi connectivity index (χ4v) is 3.43. The fraction of sp³-hybridized carbons (Fsp3) is 0.333. The summed E-state index contributed by atoms with van der Waals surface area (Å²) >= 11 is 0. The van der Waals surface area contributed by atoms with Gasteiger partial charge in [0.15, 0.2) is 5.84 Å². The van der Waals surface area contributed by atoms with Crippen molar-refractivity contribution in [3.05, 3.63) is 48.0 Å². The molecule has 1 fully saturated rings. The molecule has 3 aromatic rings. The van der Waals surface area contributed by atoms with E-state index >= 15 is 0 Å². The first-order valence-corrected chi connectivity index (χ1v) is 9.76. The molecule has 8 heteroatoms. The van der Waals surface area contributed by atoms with Crippen molar-refractivity contribution in [1.29, 1.82) is 0 Å². The van der Waals surface area contributed by atoms with E-state index in [0.29, 0.717) is 12.4 Å². The molecule has 2 heterocycles. The molecule has 8 nitrogen and oxygen atoms in total. The number of hydrogen-bond donors (Lipinski definition) is 3. The standard InChI is InChI=1S/C21H26N6O2/c1-23-26-21(22)16-5-6-19-18(14-16)20(25-24-19)15-3-2-4-17(13-15)29-12-9-27-7-10-28-11-8-27/h2-6,13-14,23H,7-12H2,1H3,(H2,22,26)(H,24,25). The number of nitrogens with one attached hydrogen (secondary N) is 2. The van der Waals surface area contributed by atoms with Gasteiger partial charge in [0.2, 0.25) is 0 Å². The molecule has 0 saturated carbocycles. The third-order valence-corrected chi connectivity index (χ3v) is 4.98. The molecule has 0 bridgehead atoms. The Morgan fingerprint density at radius 1 is 1.28 bits per heavy atom. The minimum Gasteiger partial charge on any atom is -0.492 e. The van der Waals surface area contributed by atoms with Gasteiger partial charge >= 0.3 is 0 Å². The van der Waals surface area contributed by atoms with E-state index in [1.807, 2.05) is 42.5 Å². The van der Waals surface area contributed by atoms with Crippen molar-refractivity contribution >= 4 is 16.7 Å². The third-order valence-electron chi connectivity index (χ3n) is 4.98. The van der Waals surface area contributed by atoms with Crippen LogP contribution in [0.25, 0.3) is 22.2 Å². The maximum Gasteiger partial charge on any atom is 0.150 e. The Labute approximate surface area is 169 Å². The van der Waals surface area contributed by atoms with Crippen LogP contribution in [0.5, 0.6) is 5.75 Å². The van der Waals surface area contributed by atoms with Gasteiger partial charge in [0.05, 0.1) is 18.7 Å². The Balaban J connectivity index is 1.52. The van der Waals surface area contributed by atoms with E-state index in [-0.39, 0.29) is 0 Å². The van der Waals surface area contributed by atoms with Crippen molar-refractivity contribution in [2.75, 3.05) is 46.5 Å². The summed E-state index contributed by atoms with van der Waals surface area (Å²) in [7, 11) is 1.72. The second-order valence-electron chi connectivity index (χ2n) is 6.88. The first kappa shape index (κ1) is 19.2. The summed E-state index contributed by atoms with van der Waals surface area (Å²) in [5.74, 6) is 1.26. The van der Waals surface area contributed by atoms with E-state index in [4.69, 9.17) is 15.2 Å². The van der Waals surface area contributed by atoms with Crippen LogP contribution in [0.2, 0.25) is 0 Å². The molecule has 0 radical (unpaired) electrons. The van der Waals surface area contributed by atoms with Crippen LogP contribution < -0.4 is 15.9 Å². The lowest BCUT2D eigenvalue weighted by Gasteiger charge is -2.26. The zero-order chi connectivity index (χ0) is 20.1. The summed E-state index contributed by atoms with van der Waals surface area (Å²) in [4.78, 5) is 2.35. The van der Waals surface area contributed by atoms with Gasteiger partial charge in [0.1, 0.15) is 18.1 Å². The number of benzene rings is 2. The lowest BCUT2D eigenvalue weighted by Crippen LogP contribution is -2.38. The van der Waals surface area contributed by atoms with Gasteiger partial charge in [0.25, 0.3) is 0 Å². The summed E-state index contributed by atoms with van der Waals surface area (Å²) in [5.41, 5.74) is 12.4. The topological polar surface area (TPSA) is 101 Å². The minimum atomic E-state index is 0.432. The normalized spacial score (nSPS) is 15.6. The Bertz CT molecular complexity index is 994. The van der Waals surface area contributed by atoms with Crippen molar-refractivity contribution in [1.82, 2.24) is 20.5 Å². The van der Waals surface area contributed by atoms with Gasteiger partial charge in [-0.25, -0.2) is 0 Å². The fourth-order valence-electron chi connectivity index (χ4n) is 3.43. The number of amidine groups is 1. The Morgan fingerprint density at radius 2 is 2.14 bits per heavy atom. The molecule has 0 spiro atoms. The molecule has 1 aliphatic rings. The first-order valence-electron chi connectivity index (χ1n) is 9.76. The number of aromatic nitrogens is 2. The highest BCUT2D eigenvalue weighted by Gasteiger charge is 2.12. The highest BCUT2D eigenvalue weighted by Crippen LogP contribution is 2.29. The molecule has 1 saturated heterocycles. The SMILES string of the molecule is CN/N=C(\N)c1ccc2[nH]nc(-c3cccc(OCCN4CCOCC4)c3)c2c1. The molecule has 0 aliphatic carbocycles. The average molecular weight is 394 g/mol. The average Bonchev–Trinajstić information content (AvgIpc) is 3.18. The predicted octanol–water partition coefficient (Wildman–Crippen LogP) is 1.78. The lowest BCUT2D eigenvalue weighted by molar-refractivity contribution is 0.0322. The number of morpholine rings is 1. The second kappa shape index (κ2) is 8.93. The number of ether oxygens (including phenoxy) is 2. The quantitative estimate of drug-likeness (QED) is 0.321. The van der Waals surface area contributed by atoms with Crippen LogP contribution in [0.4, 0.5) is 0 Å². The van der Waals surface area contributed by atoms with Gasteiger partial charge in [-0.2, -0.15) is 10.2 Å². The number of rotatable bonds is 7. The van der Waals surface area contributed by atoms with Crippen LogP contribution in [-0.4, -0.2) is 67.4 Å². The van der Waals surface area contributed by atoms with Crippen LogP contribution in [0, 0.1) is 0 Å². The van der Waals surface area contributed by atoms with Crippen LogP contribution in [-0.2, 0) is 4.74 Å². The predicted molar refractivity (Wildman–Crippen MR) is 114 cm³/mol. The zero-order valence-electron chi connectivity index (χ0n) is 16.5. The number of nitrogens with zero attached hydrogens (tertiary/aromatic N) is 3. The molecule has 29 heavy (non-hydrogen) atoms. The summed E-state index contributed by atoms with van der Waals surface area (Å²) in [6.07, 6.45) is 0. The summed E-state index contributed by atoms with van der Waals surface area (Å²) in [6.45, 7) is 5.06. The number of hydrazone groups is 1. The van der Waals surface area contributed by atoms with Crippen molar-refractivity contribution in [2.45, 2.75) is 0 Å². The van der Waals surface area contributed by atoms with Crippen molar-refractivity contribution < 1.29 is 9.47 Å². The van der Waals surface area contributed by atoms with E-state index in [2.05, 4.69) is 25.6 Å². The highest BCUT2D eigenvalue weighted by atomic mass is 16.5. The molecule has 1 aromatic heterocycles. The van der Waals surface area contributed by atoms with Crippen molar-refractivity contribution in [3.8, 4) is 17.0 Å². The van der Waals surface area contributed by atoms with E-state index in [9.17, 15) is 0 Å². The van der Waals surface area contributed by atoms with Gasteiger partial charge in [-0.05, 0) is 30.3 Å². The molecule has 1 aliphatic heterocycles. The van der Waals surface area contributed by atoms with Crippen LogP contribution in [0.1, 0.15) is 5.56 Å². The number of H-pyrrole nitrogens is 1. The van der Waals surface area contributed by atoms with E-state index in [0.717, 1.165) is 66.3 Å². The monoisotopic (exact) mass is 394 g/mol. The molecule has 4 rings (SSSR count). The molecular weight excluding hydrogens is 368 g/mol. The Morgan fingerprint density at radius 3 is 2.97 bits per heavy atom. The molecule has 0 amide bonds. The van der Waals surface area contributed by atoms with Gasteiger partial charge in [-0.15, -0.1) is 0 Å². The zero-order valence-corrected chi connectivity index (χ0v) is 16.5. The minimum absolute atomic E-state index is 0.432. The van der Waals surface area contributed by atoms with E-state index < -0.39 is 0 Å². The second-order valence-corrected chi connectivity index (χ2v) is 6.88. The summed E-state index contributed by atoms with van der Waals surface area (Å²) in [6, 6.07) is 13.9. The lowest BCUT2D eigenvalue weighted by atomic mass is 10.0. The molecule has 2 aromatic carbocycles. The van der Waals surface area contributed by atoms with Gasteiger partial charge in [-0.1, -0.05) is 12.1 Å². The van der Waals surface area contributed by atoms with E-state index in [1.165, 1.54) is 0 Å². The Kier molecular flexibility index (Phi) is 5.92. The molecule has 0 unspecified atom stereocenters. The number of aromatic amines is 1. The smallest absolute Gasteiger partial charge is 0.150 e. The number of nitrogens with two attached hydrogens (primary N) is 1. The molecule has 4 N–H and O–H groups in total. The first-order chi connectivity index (χ1) is 14.2. The highest BCUT2D eigenvalue weighted by molar-refractivity contribution is 6.03. The van der Waals surface area contributed by atoms with Crippen LogP contribution in [0.15, 0.2) is 47.6 Å². The van der Waals surface area contributed by atoms with Gasteiger partial charge < -0.3 is 20.6 Å². The van der Waals surface area contributed by atoms with Crippen molar-refractivity contribution in [2.24, 2.45) is 10.8 Å². The molecule has 152 valence electrons. The van der Waals surface area contributed by atoms with Crippen molar-refractivity contribution in [3.63, 3.8) is 0 Å². The maximum absolute atomic E-state index is 6.02. The van der Waals surface area contributed by atoms with Crippen LogP contribution in [0.3, 0.4) is 0 Å². The number of fused-ring (bicyclic) bond motifs is 1. The summed E-state index contributed by atoms with van der Waals surface area (Å²) < 4.78 is 11.4. The van der Waals surface area contributed by atoms with E-state index in [1.54, 1.807) is 7.05 Å². The van der Waals surface area contributed by atoms with Gasteiger partial charge in [0, 0.05) is 43.2 Å². The maximum atomic E-state index is 6.02. The summed E-state index contributed by atoms with van der Waals surface area (Å²) in [5, 5.41) is 12.6. The largest absolute Gasteiger partial charge is 0.492 e. The third kappa shape index (κ3) is 4.49.